The molecule has 6 heteroatoms. The first-order valence-electron chi connectivity index (χ1n) is 10.1. The molecule has 146 valence electrons. The maximum atomic E-state index is 12.7. The molecular formula is C23H23N5O. The van der Waals surface area contributed by atoms with Gasteiger partial charge in [0.05, 0.1) is 6.54 Å². The van der Waals surface area contributed by atoms with Crippen molar-refractivity contribution in [2.24, 2.45) is 0 Å². The molecule has 1 amide bonds. The van der Waals surface area contributed by atoms with Crippen LogP contribution in [0, 0.1) is 0 Å². The van der Waals surface area contributed by atoms with E-state index in [4.69, 9.17) is 0 Å². The molecule has 2 aromatic heterocycles. The van der Waals surface area contributed by atoms with Crippen molar-refractivity contribution in [2.75, 3.05) is 0 Å². The lowest BCUT2D eigenvalue weighted by Crippen LogP contribution is -2.22. The van der Waals surface area contributed by atoms with Crippen LogP contribution in [0.4, 0.5) is 0 Å². The monoisotopic (exact) mass is 385 g/mol. The number of nitrogens with zero attached hydrogens (tertiary/aromatic N) is 3. The van der Waals surface area contributed by atoms with Gasteiger partial charge >= 0.3 is 0 Å². The number of hydrogen-bond acceptors (Lipinski definition) is 3. The minimum absolute atomic E-state index is 0.0376. The first kappa shape index (κ1) is 17.7. The summed E-state index contributed by atoms with van der Waals surface area (Å²) >= 11 is 0. The van der Waals surface area contributed by atoms with Crippen LogP contribution in [0.25, 0.3) is 10.9 Å². The number of fused-ring (bicyclic) bond motifs is 3. The van der Waals surface area contributed by atoms with Gasteiger partial charge in [0.15, 0.2) is 0 Å². The predicted molar refractivity (Wildman–Crippen MR) is 112 cm³/mol. The van der Waals surface area contributed by atoms with Gasteiger partial charge in [-0.2, -0.15) is 5.10 Å². The van der Waals surface area contributed by atoms with E-state index in [2.05, 4.69) is 32.5 Å². The van der Waals surface area contributed by atoms with Crippen LogP contribution >= 0.6 is 0 Å². The van der Waals surface area contributed by atoms with Crippen molar-refractivity contribution in [3.05, 3.63) is 83.1 Å². The number of hydrogen-bond donors (Lipinski definition) is 2. The minimum atomic E-state index is -0.0376. The van der Waals surface area contributed by atoms with Crippen molar-refractivity contribution in [2.45, 2.75) is 38.8 Å². The Hall–Kier alpha value is -3.41. The molecule has 0 fully saturated rings. The van der Waals surface area contributed by atoms with Gasteiger partial charge in [-0.15, -0.1) is 0 Å². The van der Waals surface area contributed by atoms with Gasteiger partial charge < -0.3 is 10.3 Å². The average Bonchev–Trinajstić information content (AvgIpc) is 3.40. The molecule has 0 spiro atoms. The normalized spacial score (nSPS) is 13.4. The largest absolute Gasteiger partial charge is 0.358 e. The van der Waals surface area contributed by atoms with Crippen molar-refractivity contribution >= 4 is 16.8 Å². The Labute approximate surface area is 169 Å². The number of amides is 1. The molecular weight excluding hydrogens is 362 g/mol. The second kappa shape index (κ2) is 7.54. The predicted octanol–water partition coefficient (Wildman–Crippen LogP) is 3.62. The average molecular weight is 385 g/mol. The van der Waals surface area contributed by atoms with E-state index in [-0.39, 0.29) is 5.91 Å². The van der Waals surface area contributed by atoms with Gasteiger partial charge in [-0.1, -0.05) is 24.3 Å². The highest BCUT2D eigenvalue weighted by Gasteiger charge is 2.16. The van der Waals surface area contributed by atoms with Crippen LogP contribution in [-0.2, 0) is 25.9 Å². The topological polar surface area (TPSA) is 75.6 Å². The molecule has 0 bridgehead atoms. The first-order valence-corrected chi connectivity index (χ1v) is 10.1. The van der Waals surface area contributed by atoms with Crippen LogP contribution < -0.4 is 5.32 Å². The number of aromatic amines is 1. The summed E-state index contributed by atoms with van der Waals surface area (Å²) in [6.45, 7) is 1.19. The molecule has 0 aliphatic heterocycles. The summed E-state index contributed by atoms with van der Waals surface area (Å²) in [6, 6.07) is 14.2. The maximum Gasteiger partial charge on any atom is 0.251 e. The smallest absolute Gasteiger partial charge is 0.251 e. The number of nitrogens with one attached hydrogen (secondary N) is 2. The summed E-state index contributed by atoms with van der Waals surface area (Å²) in [4.78, 5) is 20.2. The van der Waals surface area contributed by atoms with Crippen molar-refractivity contribution in [1.29, 1.82) is 0 Å². The summed E-state index contributed by atoms with van der Waals surface area (Å²) in [7, 11) is 0. The number of benzene rings is 2. The fourth-order valence-electron chi connectivity index (χ4n) is 4.10. The molecule has 0 unspecified atom stereocenters. The first-order chi connectivity index (χ1) is 14.3. The fourth-order valence-corrected chi connectivity index (χ4v) is 4.10. The van der Waals surface area contributed by atoms with Crippen LogP contribution in [-0.4, -0.2) is 25.7 Å². The zero-order valence-corrected chi connectivity index (χ0v) is 16.2. The quantitative estimate of drug-likeness (QED) is 0.551. The summed E-state index contributed by atoms with van der Waals surface area (Å²) in [5, 5.41) is 8.36. The maximum absolute atomic E-state index is 12.7. The summed E-state index contributed by atoms with van der Waals surface area (Å²) < 4.78 is 1.78. The van der Waals surface area contributed by atoms with Gasteiger partial charge in [-0.25, -0.2) is 9.67 Å². The Balaban J connectivity index is 1.25. The van der Waals surface area contributed by atoms with E-state index in [1.807, 2.05) is 30.3 Å². The molecule has 1 aliphatic carbocycles. The highest BCUT2D eigenvalue weighted by Crippen LogP contribution is 2.29. The van der Waals surface area contributed by atoms with Crippen molar-refractivity contribution in [3.63, 3.8) is 0 Å². The van der Waals surface area contributed by atoms with E-state index in [0.717, 1.165) is 29.5 Å². The van der Waals surface area contributed by atoms with Gasteiger partial charge in [0.25, 0.3) is 5.91 Å². The number of carbonyl (C=O) groups is 1. The highest BCUT2D eigenvalue weighted by molar-refractivity contribution is 5.99. The molecule has 0 radical (unpaired) electrons. The Morgan fingerprint density at radius 2 is 1.90 bits per heavy atom. The van der Waals surface area contributed by atoms with Crippen LogP contribution in [0.2, 0.25) is 0 Å². The number of H-pyrrole nitrogens is 1. The molecule has 6 nitrogen and oxygen atoms in total. The molecule has 29 heavy (non-hydrogen) atoms. The number of aromatic nitrogens is 4. The molecule has 2 N–H and O–H groups in total. The lowest BCUT2D eigenvalue weighted by molar-refractivity contribution is 0.0951. The lowest BCUT2D eigenvalue weighted by Gasteiger charge is -2.10. The molecule has 2 aromatic carbocycles. The molecule has 4 aromatic rings. The third kappa shape index (κ3) is 3.66. The second-order valence-corrected chi connectivity index (χ2v) is 7.64. The number of rotatable bonds is 5. The Morgan fingerprint density at radius 1 is 1.07 bits per heavy atom. The number of aryl methyl sites for hydroxylation is 2. The van der Waals surface area contributed by atoms with Gasteiger partial charge in [0.2, 0.25) is 0 Å². The Kier molecular flexibility index (Phi) is 4.60. The molecule has 0 saturated heterocycles. The van der Waals surface area contributed by atoms with Crippen molar-refractivity contribution in [3.8, 4) is 0 Å². The second-order valence-electron chi connectivity index (χ2n) is 7.64. The van der Waals surface area contributed by atoms with Crippen molar-refractivity contribution < 1.29 is 4.79 Å². The Morgan fingerprint density at radius 3 is 2.72 bits per heavy atom. The van der Waals surface area contributed by atoms with E-state index in [9.17, 15) is 4.79 Å². The summed E-state index contributed by atoms with van der Waals surface area (Å²) in [5.41, 5.74) is 6.80. The third-order valence-electron chi connectivity index (χ3n) is 5.65. The van der Waals surface area contributed by atoms with E-state index >= 15 is 0 Å². The fraction of sp³-hybridized carbons (Fsp3) is 0.261. The lowest BCUT2D eigenvalue weighted by atomic mass is 9.95. The van der Waals surface area contributed by atoms with E-state index in [0.29, 0.717) is 18.7 Å². The summed E-state index contributed by atoms with van der Waals surface area (Å²) in [5.74, 6) is -0.0376. The third-order valence-corrected chi connectivity index (χ3v) is 5.65. The SMILES string of the molecule is O=C(NCc1ccc(Cn2cncn2)cc1)c1ccc2[nH]c3c(c2c1)CCCC3. The van der Waals surface area contributed by atoms with E-state index < -0.39 is 0 Å². The minimum Gasteiger partial charge on any atom is -0.358 e. The molecule has 0 saturated carbocycles. The van der Waals surface area contributed by atoms with Gasteiger partial charge in [0, 0.05) is 28.7 Å². The van der Waals surface area contributed by atoms with Crippen LogP contribution in [0.1, 0.15) is 45.6 Å². The zero-order valence-electron chi connectivity index (χ0n) is 16.2. The van der Waals surface area contributed by atoms with E-state index in [1.165, 1.54) is 35.8 Å². The van der Waals surface area contributed by atoms with Gasteiger partial charge in [-0.05, 0) is 60.6 Å². The van der Waals surface area contributed by atoms with Crippen LogP contribution in [0.15, 0.2) is 55.1 Å². The Bertz CT molecular complexity index is 1140. The molecule has 0 atom stereocenters. The van der Waals surface area contributed by atoms with Gasteiger partial charge in [-0.3, -0.25) is 4.79 Å². The number of carbonyl (C=O) groups excluding carboxylic acids is 1. The highest BCUT2D eigenvalue weighted by atomic mass is 16.1. The zero-order chi connectivity index (χ0) is 19.6. The van der Waals surface area contributed by atoms with Gasteiger partial charge in [0.1, 0.15) is 12.7 Å². The molecule has 1 aliphatic rings. The van der Waals surface area contributed by atoms with E-state index in [1.54, 1.807) is 11.0 Å². The van der Waals surface area contributed by atoms with Crippen LogP contribution in [0.3, 0.4) is 0 Å². The van der Waals surface area contributed by atoms with Crippen molar-refractivity contribution in [1.82, 2.24) is 25.1 Å². The van der Waals surface area contributed by atoms with Crippen LogP contribution in [0.5, 0.6) is 0 Å². The summed E-state index contributed by atoms with van der Waals surface area (Å²) in [6.07, 6.45) is 7.91. The molecule has 5 rings (SSSR count). The standard InChI is InChI=1S/C23H23N5O/c29-23(18-9-10-22-20(11-18)19-3-1-2-4-21(19)27-22)25-12-16-5-7-17(8-6-16)13-28-15-24-14-26-28/h5-11,14-15,27H,1-4,12-13H2,(H,25,29). The molecule has 2 heterocycles.